The summed E-state index contributed by atoms with van der Waals surface area (Å²) in [4.78, 5) is 0. The highest BCUT2D eigenvalue weighted by atomic mass is 127. The van der Waals surface area contributed by atoms with Crippen molar-refractivity contribution >= 4 is 38.5 Å². The SMILES string of the molecule is OC1=C(Br)C=CC(I)C=C1. The Labute approximate surface area is 81.8 Å². The lowest BCUT2D eigenvalue weighted by Gasteiger charge is -1.89. The molecule has 1 nitrogen and oxygen atoms in total. The van der Waals surface area contributed by atoms with E-state index in [2.05, 4.69) is 38.5 Å². The molecule has 0 saturated carbocycles. The Morgan fingerprint density at radius 2 is 2.00 bits per heavy atom. The summed E-state index contributed by atoms with van der Waals surface area (Å²) in [5.74, 6) is 0.287. The third kappa shape index (κ3) is 2.12. The molecule has 0 aromatic rings. The van der Waals surface area contributed by atoms with Gasteiger partial charge in [0.2, 0.25) is 0 Å². The van der Waals surface area contributed by atoms with Crippen LogP contribution in [0.25, 0.3) is 0 Å². The molecule has 3 heteroatoms. The molecule has 1 atom stereocenters. The van der Waals surface area contributed by atoms with Crippen LogP contribution in [0.4, 0.5) is 0 Å². The van der Waals surface area contributed by atoms with Gasteiger partial charge < -0.3 is 5.11 Å². The first-order valence-corrected chi connectivity index (χ1v) is 4.83. The molecule has 0 amide bonds. The second-order valence-electron chi connectivity index (χ2n) is 1.90. The van der Waals surface area contributed by atoms with Gasteiger partial charge in [0.15, 0.2) is 0 Å². The van der Waals surface area contributed by atoms with Gasteiger partial charge in [-0.25, -0.2) is 0 Å². The second-order valence-corrected chi connectivity index (χ2v) is 4.19. The predicted molar refractivity (Wildman–Crippen MR) is 54.7 cm³/mol. The molecule has 0 bridgehead atoms. The van der Waals surface area contributed by atoms with Crippen LogP contribution < -0.4 is 0 Å². The Morgan fingerprint density at radius 1 is 1.40 bits per heavy atom. The van der Waals surface area contributed by atoms with Crippen LogP contribution in [0.1, 0.15) is 0 Å². The van der Waals surface area contributed by atoms with Gasteiger partial charge in [0.25, 0.3) is 0 Å². The molecular weight excluding hydrogens is 307 g/mol. The van der Waals surface area contributed by atoms with Crippen LogP contribution in [0.3, 0.4) is 0 Å². The minimum absolute atomic E-state index is 0.287. The first-order valence-electron chi connectivity index (χ1n) is 2.79. The number of rotatable bonds is 0. The van der Waals surface area contributed by atoms with Gasteiger partial charge in [-0.05, 0) is 28.1 Å². The first-order chi connectivity index (χ1) is 4.70. The van der Waals surface area contributed by atoms with Gasteiger partial charge in [-0.3, -0.25) is 0 Å². The third-order valence-corrected chi connectivity index (χ3v) is 2.61. The number of alkyl halides is 1. The molecule has 0 radical (unpaired) electrons. The summed E-state index contributed by atoms with van der Waals surface area (Å²) in [5.41, 5.74) is 0. The Morgan fingerprint density at radius 3 is 2.70 bits per heavy atom. The summed E-state index contributed by atoms with van der Waals surface area (Å²) in [5, 5.41) is 9.17. The lowest BCUT2D eigenvalue weighted by molar-refractivity contribution is 0.431. The fourth-order valence-electron chi connectivity index (χ4n) is 0.589. The van der Waals surface area contributed by atoms with E-state index in [4.69, 9.17) is 5.11 Å². The van der Waals surface area contributed by atoms with Crippen LogP contribution in [0.2, 0.25) is 0 Å². The molecule has 10 heavy (non-hydrogen) atoms. The molecule has 1 N–H and O–H groups in total. The number of aliphatic hydroxyl groups excluding tert-OH is 1. The number of hydrogen-bond acceptors (Lipinski definition) is 1. The number of aliphatic hydroxyl groups is 1. The topological polar surface area (TPSA) is 20.2 Å². The molecule has 0 heterocycles. The van der Waals surface area contributed by atoms with Gasteiger partial charge >= 0.3 is 0 Å². The van der Waals surface area contributed by atoms with Crippen molar-refractivity contribution in [1.82, 2.24) is 0 Å². The lowest BCUT2D eigenvalue weighted by Crippen LogP contribution is -1.81. The maximum atomic E-state index is 9.17. The zero-order valence-corrected chi connectivity index (χ0v) is 8.83. The molecule has 1 aliphatic rings. The fourth-order valence-corrected chi connectivity index (χ4v) is 1.29. The molecule has 0 aromatic carbocycles. The Kier molecular flexibility index (Phi) is 2.97. The van der Waals surface area contributed by atoms with E-state index in [1.165, 1.54) is 0 Å². The average Bonchev–Trinajstić information content (AvgIpc) is 2.04. The molecule has 0 spiro atoms. The van der Waals surface area contributed by atoms with Crippen LogP contribution in [0, 0.1) is 0 Å². The van der Waals surface area contributed by atoms with Crippen LogP contribution >= 0.6 is 38.5 Å². The standard InChI is InChI=1S/C7H6BrIO/c8-6-3-1-5(9)2-4-7(6)10/h1-5,10H. The van der Waals surface area contributed by atoms with Crippen molar-refractivity contribution in [3.05, 3.63) is 34.5 Å². The molecule has 0 saturated heterocycles. The Balaban J connectivity index is 2.91. The van der Waals surface area contributed by atoms with Crippen LogP contribution in [-0.2, 0) is 0 Å². The van der Waals surface area contributed by atoms with E-state index in [0.29, 0.717) is 3.92 Å². The van der Waals surface area contributed by atoms with Crippen molar-refractivity contribution in [2.45, 2.75) is 3.92 Å². The summed E-state index contributed by atoms with van der Waals surface area (Å²) in [6.07, 6.45) is 7.48. The zero-order chi connectivity index (χ0) is 7.56. The van der Waals surface area contributed by atoms with Crippen molar-refractivity contribution < 1.29 is 5.11 Å². The molecule has 54 valence electrons. The average molecular weight is 313 g/mol. The highest BCUT2D eigenvalue weighted by Gasteiger charge is 2.01. The van der Waals surface area contributed by atoms with Gasteiger partial charge in [0, 0.05) is 3.92 Å². The maximum Gasteiger partial charge on any atom is 0.129 e. The van der Waals surface area contributed by atoms with Crippen LogP contribution in [0.5, 0.6) is 0 Å². The quantitative estimate of drug-likeness (QED) is 0.538. The predicted octanol–water partition coefficient (Wildman–Crippen LogP) is 3.08. The fraction of sp³-hybridized carbons (Fsp3) is 0.143. The lowest BCUT2D eigenvalue weighted by atomic mass is 10.4. The van der Waals surface area contributed by atoms with E-state index < -0.39 is 0 Å². The van der Waals surface area contributed by atoms with Gasteiger partial charge in [-0.2, -0.15) is 0 Å². The summed E-state index contributed by atoms with van der Waals surface area (Å²) < 4.78 is 1.11. The number of allylic oxidation sites excluding steroid dienone is 5. The van der Waals surface area contributed by atoms with Gasteiger partial charge in [0.05, 0.1) is 4.48 Å². The van der Waals surface area contributed by atoms with Gasteiger partial charge in [-0.15, -0.1) is 0 Å². The molecule has 0 aliphatic heterocycles. The van der Waals surface area contributed by atoms with Crippen molar-refractivity contribution in [3.63, 3.8) is 0 Å². The largest absolute Gasteiger partial charge is 0.507 e. The Hall–Kier alpha value is 0.230. The van der Waals surface area contributed by atoms with Gasteiger partial charge in [0.1, 0.15) is 5.76 Å². The molecule has 1 unspecified atom stereocenters. The highest BCUT2D eigenvalue weighted by molar-refractivity contribution is 14.1. The summed E-state index contributed by atoms with van der Waals surface area (Å²) >= 11 is 5.49. The molecule has 0 fully saturated rings. The smallest absolute Gasteiger partial charge is 0.129 e. The van der Waals surface area contributed by atoms with E-state index in [0.717, 1.165) is 4.48 Å². The van der Waals surface area contributed by atoms with Gasteiger partial charge in [-0.1, -0.05) is 34.7 Å². The van der Waals surface area contributed by atoms with Crippen molar-refractivity contribution in [1.29, 1.82) is 0 Å². The third-order valence-electron chi connectivity index (χ3n) is 1.11. The minimum Gasteiger partial charge on any atom is -0.507 e. The molecule has 1 rings (SSSR count). The van der Waals surface area contributed by atoms with Crippen LogP contribution in [-0.4, -0.2) is 9.03 Å². The number of hydrogen-bond donors (Lipinski definition) is 1. The molecule has 0 aromatic heterocycles. The second kappa shape index (κ2) is 3.57. The summed E-state index contributed by atoms with van der Waals surface area (Å²) in [7, 11) is 0. The van der Waals surface area contributed by atoms with Crippen LogP contribution in [0.15, 0.2) is 34.5 Å². The normalized spacial score (nSPS) is 25.2. The zero-order valence-electron chi connectivity index (χ0n) is 5.09. The Bertz CT molecular complexity index is 196. The van der Waals surface area contributed by atoms with E-state index in [1.807, 2.05) is 18.2 Å². The minimum atomic E-state index is 0.287. The van der Waals surface area contributed by atoms with E-state index >= 15 is 0 Å². The van der Waals surface area contributed by atoms with Crippen molar-refractivity contribution in [2.24, 2.45) is 0 Å². The van der Waals surface area contributed by atoms with E-state index in [-0.39, 0.29) is 5.76 Å². The van der Waals surface area contributed by atoms with E-state index in [9.17, 15) is 0 Å². The molecule has 1 aliphatic carbocycles. The maximum absolute atomic E-state index is 9.17. The summed E-state index contributed by atoms with van der Waals surface area (Å²) in [6.45, 7) is 0. The van der Waals surface area contributed by atoms with Crippen molar-refractivity contribution in [2.75, 3.05) is 0 Å². The monoisotopic (exact) mass is 312 g/mol. The first kappa shape index (κ1) is 8.33. The summed E-state index contributed by atoms with van der Waals surface area (Å²) in [6, 6.07) is 0. The molecular formula is C7H6BrIO. The highest BCUT2D eigenvalue weighted by Crippen LogP contribution is 2.19. The van der Waals surface area contributed by atoms with E-state index in [1.54, 1.807) is 6.08 Å². The number of halogens is 2. The van der Waals surface area contributed by atoms with Crippen molar-refractivity contribution in [3.8, 4) is 0 Å².